The van der Waals surface area contributed by atoms with Gasteiger partial charge in [0.15, 0.2) is 0 Å². The van der Waals surface area contributed by atoms with Crippen molar-refractivity contribution in [3.63, 3.8) is 0 Å². The maximum atomic E-state index is 5.47. The molecule has 0 amide bonds. The minimum Gasteiger partial charge on any atom is -0.388 e. The van der Waals surface area contributed by atoms with E-state index in [0.29, 0.717) is 0 Å². The van der Waals surface area contributed by atoms with Crippen molar-refractivity contribution in [3.05, 3.63) is 36.4 Å². The molecule has 109 valence electrons. The summed E-state index contributed by atoms with van der Waals surface area (Å²) in [5.74, 6) is 0. The minimum absolute atomic E-state index is 0.663. The van der Waals surface area contributed by atoms with Gasteiger partial charge in [-0.1, -0.05) is 42.1 Å². The molecule has 0 bridgehead atoms. The van der Waals surface area contributed by atoms with Crippen molar-refractivity contribution in [2.24, 2.45) is 0 Å². The Kier molecular flexibility index (Phi) is 5.98. The molecule has 1 aliphatic heterocycles. The molecule has 1 saturated heterocycles. The molecule has 2 rings (SSSR count). The normalized spacial score (nSPS) is 17.6. The van der Waals surface area contributed by atoms with E-state index in [1.165, 1.54) is 43.1 Å². The quantitative estimate of drug-likeness (QED) is 0.727. The van der Waals surface area contributed by atoms with Crippen LogP contribution >= 0.6 is 0 Å². The number of likely N-dealkylation sites (N-methyl/N-ethyl adjacent to an activating group) is 1. The lowest BCUT2D eigenvalue weighted by atomic mass is 10.2. The van der Waals surface area contributed by atoms with Crippen molar-refractivity contribution in [2.75, 3.05) is 52.7 Å². The van der Waals surface area contributed by atoms with Gasteiger partial charge < -0.3 is 14.5 Å². The highest BCUT2D eigenvalue weighted by atomic mass is 28.3. The molecule has 0 aliphatic carbocycles. The molecular weight excluding hydrogens is 264 g/mol. The predicted molar refractivity (Wildman–Crippen MR) is 87.7 cm³/mol. The number of methoxy groups -OCH3 is 1. The largest absolute Gasteiger partial charge is 0.388 e. The van der Waals surface area contributed by atoms with Gasteiger partial charge in [-0.25, -0.2) is 0 Å². The van der Waals surface area contributed by atoms with Gasteiger partial charge in [-0.15, -0.1) is 0 Å². The second-order valence-electron chi connectivity index (χ2n) is 5.44. The molecule has 0 atom stereocenters. The van der Waals surface area contributed by atoms with Crippen LogP contribution in [0.5, 0.6) is 0 Å². The van der Waals surface area contributed by atoms with E-state index in [2.05, 4.69) is 47.7 Å². The second kappa shape index (κ2) is 7.74. The van der Waals surface area contributed by atoms with Crippen LogP contribution in [0.4, 0.5) is 0 Å². The van der Waals surface area contributed by atoms with Crippen LogP contribution in [0.1, 0.15) is 5.56 Å². The molecule has 0 aromatic heterocycles. The van der Waals surface area contributed by atoms with E-state index in [9.17, 15) is 0 Å². The lowest BCUT2D eigenvalue weighted by molar-refractivity contribution is 0.169. The van der Waals surface area contributed by atoms with Crippen LogP contribution < -0.4 is 5.19 Å². The summed E-state index contributed by atoms with van der Waals surface area (Å²) in [7, 11) is 3.35. The highest BCUT2D eigenvalue weighted by molar-refractivity contribution is 6.73. The lowest BCUT2D eigenvalue weighted by Gasteiger charge is -2.34. The highest BCUT2D eigenvalue weighted by Gasteiger charge is 2.21. The summed E-state index contributed by atoms with van der Waals surface area (Å²) in [5, 5.41) is 1.46. The minimum atomic E-state index is -0.663. The van der Waals surface area contributed by atoms with Gasteiger partial charge in [0.25, 0.3) is 0 Å². The zero-order valence-electron chi connectivity index (χ0n) is 12.6. The molecule has 1 aromatic rings. The van der Waals surface area contributed by atoms with Crippen molar-refractivity contribution in [2.45, 2.75) is 0 Å². The summed E-state index contributed by atoms with van der Waals surface area (Å²) < 4.78 is 5.47. The first-order valence-corrected chi connectivity index (χ1v) is 9.11. The first kappa shape index (κ1) is 15.4. The first-order valence-electron chi connectivity index (χ1n) is 7.20. The van der Waals surface area contributed by atoms with E-state index in [4.69, 9.17) is 4.74 Å². The molecule has 3 nitrogen and oxygen atoms in total. The smallest absolute Gasteiger partial charge is 0.132 e. The van der Waals surface area contributed by atoms with Gasteiger partial charge >= 0.3 is 0 Å². The van der Waals surface area contributed by atoms with Gasteiger partial charge in [0.05, 0.1) is 0 Å². The van der Waals surface area contributed by atoms with E-state index < -0.39 is 8.80 Å². The third-order valence-electron chi connectivity index (χ3n) is 3.88. The number of hydrogen-bond acceptors (Lipinski definition) is 3. The Balaban J connectivity index is 2.00. The average molecular weight is 289 g/mol. The van der Waals surface area contributed by atoms with Gasteiger partial charge in [-0.3, -0.25) is 0 Å². The van der Waals surface area contributed by atoms with Gasteiger partial charge in [0, 0.05) is 39.5 Å². The third kappa shape index (κ3) is 4.28. The molecular formula is C16H25N2OSi. The Labute approximate surface area is 124 Å². The number of hydrogen-bond donors (Lipinski definition) is 0. The predicted octanol–water partition coefficient (Wildman–Crippen LogP) is 1.00. The monoisotopic (exact) mass is 289 g/mol. The molecule has 0 unspecified atom stereocenters. The highest BCUT2D eigenvalue weighted by Crippen LogP contribution is 2.03. The van der Waals surface area contributed by atoms with E-state index >= 15 is 0 Å². The summed E-state index contributed by atoms with van der Waals surface area (Å²) in [4.78, 5) is 4.99. The number of piperazine rings is 1. The van der Waals surface area contributed by atoms with Crippen LogP contribution in [-0.2, 0) is 4.74 Å². The lowest BCUT2D eigenvalue weighted by Crippen LogP contribution is -2.52. The zero-order valence-corrected chi connectivity index (χ0v) is 13.6. The molecule has 4 heteroatoms. The SMILES string of the molecule is C=Cc1ccc([Si](COC)CN2CCN(C)CC2)cc1. The molecule has 0 spiro atoms. The van der Waals surface area contributed by atoms with Crippen molar-refractivity contribution in [1.29, 1.82) is 0 Å². The van der Waals surface area contributed by atoms with E-state index in [1.54, 1.807) is 0 Å². The fourth-order valence-corrected chi connectivity index (χ4v) is 4.81. The van der Waals surface area contributed by atoms with Gasteiger partial charge in [0.2, 0.25) is 0 Å². The van der Waals surface area contributed by atoms with E-state index in [-0.39, 0.29) is 0 Å². The molecule has 1 heterocycles. The van der Waals surface area contributed by atoms with Crippen molar-refractivity contribution in [3.8, 4) is 0 Å². The topological polar surface area (TPSA) is 15.7 Å². The summed E-state index contributed by atoms with van der Waals surface area (Å²) >= 11 is 0. The third-order valence-corrected chi connectivity index (χ3v) is 6.50. The van der Waals surface area contributed by atoms with E-state index in [0.717, 1.165) is 6.23 Å². The van der Waals surface area contributed by atoms with Crippen LogP contribution in [0.25, 0.3) is 6.08 Å². The Hall–Kier alpha value is -0.943. The average Bonchev–Trinajstić information content (AvgIpc) is 2.49. The standard InChI is InChI=1S/C16H25N2OSi/c1-4-15-5-7-16(8-6-15)20(14-19-3)13-18-11-9-17(2)10-12-18/h4-8H,1,9-14H2,2-3H3. The molecule has 20 heavy (non-hydrogen) atoms. The molecule has 1 radical (unpaired) electrons. The zero-order chi connectivity index (χ0) is 14.4. The summed E-state index contributed by atoms with van der Waals surface area (Å²) in [5.41, 5.74) is 1.19. The van der Waals surface area contributed by atoms with Crippen LogP contribution in [0.2, 0.25) is 0 Å². The first-order chi connectivity index (χ1) is 9.72. The summed E-state index contributed by atoms with van der Waals surface area (Å²) in [6, 6.07) is 8.82. The number of rotatable bonds is 6. The fourth-order valence-electron chi connectivity index (χ4n) is 2.53. The Morgan fingerprint density at radius 3 is 2.40 bits per heavy atom. The van der Waals surface area contributed by atoms with E-state index in [1.807, 2.05) is 13.2 Å². The maximum absolute atomic E-state index is 5.47. The van der Waals surface area contributed by atoms with Crippen LogP contribution in [0, 0.1) is 0 Å². The number of ether oxygens (including phenoxy) is 1. The summed E-state index contributed by atoms with van der Waals surface area (Å²) in [6.07, 6.45) is 3.96. The molecule has 1 aliphatic rings. The molecule has 0 saturated carbocycles. The maximum Gasteiger partial charge on any atom is 0.132 e. The van der Waals surface area contributed by atoms with Gasteiger partial charge in [-0.05, 0) is 18.8 Å². The molecule has 0 N–H and O–H groups in total. The molecule has 1 fully saturated rings. The Bertz CT molecular complexity index is 413. The number of benzene rings is 1. The fraction of sp³-hybridized carbons (Fsp3) is 0.500. The molecule has 1 aromatic carbocycles. The van der Waals surface area contributed by atoms with Crippen molar-refractivity contribution >= 4 is 20.1 Å². The van der Waals surface area contributed by atoms with Crippen LogP contribution in [0.15, 0.2) is 30.8 Å². The summed E-state index contributed by atoms with van der Waals surface area (Å²) in [6.45, 7) is 8.53. The number of nitrogens with zero attached hydrogens (tertiary/aromatic N) is 2. The Morgan fingerprint density at radius 2 is 1.85 bits per heavy atom. The van der Waals surface area contributed by atoms with Crippen molar-refractivity contribution in [1.82, 2.24) is 9.80 Å². The van der Waals surface area contributed by atoms with Crippen molar-refractivity contribution < 1.29 is 4.74 Å². The Morgan fingerprint density at radius 1 is 1.20 bits per heavy atom. The van der Waals surface area contributed by atoms with Gasteiger partial charge in [-0.2, -0.15) is 0 Å². The van der Waals surface area contributed by atoms with Gasteiger partial charge in [0.1, 0.15) is 8.80 Å². The van der Waals surface area contributed by atoms with Crippen LogP contribution in [0.3, 0.4) is 0 Å². The van der Waals surface area contributed by atoms with Crippen LogP contribution in [-0.4, -0.2) is 71.3 Å². The second-order valence-corrected chi connectivity index (χ2v) is 7.83.